The zero-order valence-electron chi connectivity index (χ0n) is 13.3. The lowest BCUT2D eigenvalue weighted by atomic mass is 10.2. The Hall–Kier alpha value is -2.02. The van der Waals surface area contributed by atoms with Gasteiger partial charge in [0.15, 0.2) is 0 Å². The Morgan fingerprint density at radius 3 is 2.45 bits per heavy atom. The van der Waals surface area contributed by atoms with Gasteiger partial charge in [0, 0.05) is 30.8 Å². The summed E-state index contributed by atoms with van der Waals surface area (Å²) in [5.74, 6) is 0.435. The van der Waals surface area contributed by atoms with Gasteiger partial charge in [0.25, 0.3) is 5.13 Å². The molecule has 0 fully saturated rings. The molecule has 1 aromatic carbocycles. The van der Waals surface area contributed by atoms with E-state index in [4.69, 9.17) is 0 Å². The highest BCUT2D eigenvalue weighted by atomic mass is 32.1. The maximum absolute atomic E-state index is 10.1. The van der Waals surface area contributed by atoms with Gasteiger partial charge in [-0.25, -0.2) is 0 Å². The van der Waals surface area contributed by atoms with Crippen molar-refractivity contribution in [2.24, 2.45) is 10.2 Å². The second-order valence-corrected chi connectivity index (χ2v) is 6.11. The molecule has 1 heterocycles. The molecule has 0 aliphatic heterocycles. The number of rotatable bonds is 6. The van der Waals surface area contributed by atoms with Crippen molar-refractivity contribution in [3.05, 3.63) is 23.2 Å². The van der Waals surface area contributed by atoms with Crippen LogP contribution in [0.3, 0.4) is 0 Å². The molecule has 0 saturated heterocycles. The quantitative estimate of drug-likeness (QED) is 0.788. The average molecular weight is 319 g/mol. The summed E-state index contributed by atoms with van der Waals surface area (Å²) in [6, 6.07) is 5.40. The average Bonchev–Trinajstić information content (AvgIpc) is 2.97. The molecule has 0 aliphatic rings. The Bertz CT molecular complexity index is 649. The normalized spacial score (nSPS) is 11.5. The molecular weight excluding hydrogens is 298 g/mol. The highest BCUT2D eigenvalue weighted by Gasteiger charge is 2.08. The zero-order valence-corrected chi connectivity index (χ0v) is 14.1. The lowest BCUT2D eigenvalue weighted by molar-refractivity contribution is 0.476. The number of benzene rings is 1. The molecule has 22 heavy (non-hydrogen) atoms. The van der Waals surface area contributed by atoms with E-state index in [-0.39, 0.29) is 5.75 Å². The maximum Gasteiger partial charge on any atom is 0.251 e. The third-order valence-electron chi connectivity index (χ3n) is 3.25. The number of phenols is 1. The van der Waals surface area contributed by atoms with Crippen LogP contribution in [0.1, 0.15) is 38.6 Å². The van der Waals surface area contributed by atoms with E-state index in [0.29, 0.717) is 16.7 Å². The summed E-state index contributed by atoms with van der Waals surface area (Å²) in [5, 5.41) is 27.7. The maximum atomic E-state index is 10.1. The molecule has 2 aromatic rings. The van der Waals surface area contributed by atoms with Crippen LogP contribution in [0.15, 0.2) is 28.4 Å². The first-order valence-corrected chi connectivity index (χ1v) is 8.19. The molecular formula is C15H21N5OS. The van der Waals surface area contributed by atoms with Gasteiger partial charge < -0.3 is 10.0 Å². The highest BCUT2D eigenvalue weighted by molar-refractivity contribution is 7.15. The van der Waals surface area contributed by atoms with Crippen molar-refractivity contribution in [3.8, 4) is 5.75 Å². The van der Waals surface area contributed by atoms with Crippen molar-refractivity contribution < 1.29 is 5.11 Å². The molecule has 0 radical (unpaired) electrons. The molecule has 6 nitrogen and oxygen atoms in total. The smallest absolute Gasteiger partial charge is 0.251 e. The van der Waals surface area contributed by atoms with E-state index in [1.165, 1.54) is 11.3 Å². The predicted octanol–water partition coefficient (Wildman–Crippen LogP) is 4.63. The van der Waals surface area contributed by atoms with E-state index < -0.39 is 0 Å². The number of phenolic OH excluding ortho intramolecular Hbond substituents is 1. The lowest BCUT2D eigenvalue weighted by Gasteiger charge is -2.21. The number of nitrogens with zero attached hydrogens (tertiary/aromatic N) is 5. The molecule has 0 bridgehead atoms. The lowest BCUT2D eigenvalue weighted by Crippen LogP contribution is -2.21. The number of hydrogen-bond acceptors (Lipinski definition) is 7. The molecule has 0 spiro atoms. The molecule has 2 rings (SSSR count). The van der Waals surface area contributed by atoms with E-state index in [2.05, 4.69) is 53.0 Å². The summed E-state index contributed by atoms with van der Waals surface area (Å²) >= 11 is 1.41. The minimum atomic E-state index is 0.113. The number of anilines is 1. The molecule has 0 amide bonds. The number of azo groups is 1. The minimum absolute atomic E-state index is 0.113. The fraction of sp³-hybridized carbons (Fsp3) is 0.467. The number of aromatic hydroxyl groups is 1. The van der Waals surface area contributed by atoms with Gasteiger partial charge >= 0.3 is 0 Å². The Kier molecular flexibility index (Phi) is 5.43. The first kappa shape index (κ1) is 16.4. The van der Waals surface area contributed by atoms with Crippen LogP contribution < -0.4 is 4.90 Å². The zero-order chi connectivity index (χ0) is 16.1. The Balaban J connectivity index is 2.17. The monoisotopic (exact) mass is 319 g/mol. The number of aromatic nitrogens is 2. The fourth-order valence-electron chi connectivity index (χ4n) is 1.98. The third kappa shape index (κ3) is 3.79. The van der Waals surface area contributed by atoms with Gasteiger partial charge in [0.2, 0.25) is 0 Å². The molecule has 0 aliphatic carbocycles. The van der Waals surface area contributed by atoms with Crippen LogP contribution >= 0.6 is 11.3 Å². The Morgan fingerprint density at radius 1 is 1.18 bits per heavy atom. The van der Waals surface area contributed by atoms with Crippen molar-refractivity contribution >= 4 is 27.8 Å². The van der Waals surface area contributed by atoms with Crippen LogP contribution in [-0.2, 0) is 0 Å². The summed E-state index contributed by atoms with van der Waals surface area (Å²) in [5.41, 5.74) is 1.40. The van der Waals surface area contributed by atoms with Gasteiger partial charge in [-0.2, -0.15) is 0 Å². The third-order valence-corrected chi connectivity index (χ3v) is 4.36. The highest BCUT2D eigenvalue weighted by Crippen LogP contribution is 2.33. The summed E-state index contributed by atoms with van der Waals surface area (Å²) in [6.45, 7) is 10.0. The number of hydrogen-bond donors (Lipinski definition) is 1. The van der Waals surface area contributed by atoms with E-state index in [1.807, 2.05) is 6.07 Å². The summed E-state index contributed by atoms with van der Waals surface area (Å²) in [7, 11) is 0. The Morgan fingerprint density at radius 2 is 1.91 bits per heavy atom. The van der Waals surface area contributed by atoms with Crippen molar-refractivity contribution in [1.29, 1.82) is 0 Å². The molecule has 0 unspecified atom stereocenters. The first-order chi connectivity index (χ1) is 10.5. The van der Waals surface area contributed by atoms with Gasteiger partial charge in [-0.1, -0.05) is 25.2 Å². The van der Waals surface area contributed by atoms with Crippen LogP contribution in [0.5, 0.6) is 5.75 Å². The van der Waals surface area contributed by atoms with Crippen LogP contribution in [0.25, 0.3) is 0 Å². The van der Waals surface area contributed by atoms with E-state index in [9.17, 15) is 5.11 Å². The SMILES string of the molecule is CCN(CC)c1ccc(N=Nc2nnc(C(C)C)s2)c(O)c1. The van der Waals surface area contributed by atoms with E-state index >= 15 is 0 Å². The predicted molar refractivity (Wildman–Crippen MR) is 89.8 cm³/mol. The van der Waals surface area contributed by atoms with Crippen molar-refractivity contribution in [3.63, 3.8) is 0 Å². The second kappa shape index (κ2) is 7.31. The standard InChI is InChI=1S/C15H21N5OS/c1-5-20(6-2)11-7-8-12(13(21)9-11)16-18-15-19-17-14(22-15)10(3)4/h7-10,21H,5-6H2,1-4H3. The van der Waals surface area contributed by atoms with Crippen LogP contribution in [0.2, 0.25) is 0 Å². The van der Waals surface area contributed by atoms with Gasteiger partial charge in [-0.3, -0.25) is 0 Å². The first-order valence-electron chi connectivity index (χ1n) is 7.38. The Labute approximate surface area is 134 Å². The molecule has 7 heteroatoms. The van der Waals surface area contributed by atoms with Gasteiger partial charge in [0.05, 0.1) is 0 Å². The van der Waals surface area contributed by atoms with Crippen LogP contribution in [0.4, 0.5) is 16.5 Å². The van der Waals surface area contributed by atoms with Crippen LogP contribution in [0, 0.1) is 0 Å². The van der Waals surface area contributed by atoms with Crippen molar-refractivity contribution in [1.82, 2.24) is 10.2 Å². The molecule has 0 atom stereocenters. The van der Waals surface area contributed by atoms with Crippen molar-refractivity contribution in [2.45, 2.75) is 33.6 Å². The van der Waals surface area contributed by atoms with E-state index in [0.717, 1.165) is 23.8 Å². The van der Waals surface area contributed by atoms with Gasteiger partial charge in [-0.15, -0.1) is 20.4 Å². The summed E-state index contributed by atoms with van der Waals surface area (Å²) in [4.78, 5) is 2.15. The summed E-state index contributed by atoms with van der Waals surface area (Å²) < 4.78 is 0. The molecule has 118 valence electrons. The topological polar surface area (TPSA) is 74.0 Å². The fourth-order valence-corrected chi connectivity index (χ4v) is 2.65. The second-order valence-electron chi connectivity index (χ2n) is 5.12. The minimum Gasteiger partial charge on any atom is -0.506 e. The van der Waals surface area contributed by atoms with Gasteiger partial charge in [0.1, 0.15) is 16.4 Å². The van der Waals surface area contributed by atoms with E-state index in [1.54, 1.807) is 12.1 Å². The van der Waals surface area contributed by atoms with Crippen molar-refractivity contribution in [2.75, 3.05) is 18.0 Å². The molecule has 0 saturated carbocycles. The summed E-state index contributed by atoms with van der Waals surface area (Å²) in [6.07, 6.45) is 0. The largest absolute Gasteiger partial charge is 0.506 e. The molecule has 1 aromatic heterocycles. The van der Waals surface area contributed by atoms with Crippen LogP contribution in [-0.4, -0.2) is 28.4 Å². The molecule has 1 N–H and O–H groups in total. The van der Waals surface area contributed by atoms with Gasteiger partial charge in [-0.05, 0) is 26.0 Å².